The van der Waals surface area contributed by atoms with Crippen molar-refractivity contribution in [1.29, 1.82) is 0 Å². The summed E-state index contributed by atoms with van der Waals surface area (Å²) < 4.78 is 5.94. The monoisotopic (exact) mass is 433 g/mol. The van der Waals surface area contributed by atoms with Crippen LogP contribution in [0.5, 0.6) is 0 Å². The third-order valence-electron chi connectivity index (χ3n) is 6.82. The van der Waals surface area contributed by atoms with Gasteiger partial charge in [-0.25, -0.2) is 4.79 Å². The lowest BCUT2D eigenvalue weighted by atomic mass is 9.63. The van der Waals surface area contributed by atoms with E-state index in [1.807, 2.05) is 18.2 Å². The maximum atomic E-state index is 13.2. The quantitative estimate of drug-likeness (QED) is 0.535. The number of benzene rings is 1. The van der Waals surface area contributed by atoms with E-state index in [0.29, 0.717) is 35.0 Å². The molecule has 1 amide bonds. The van der Waals surface area contributed by atoms with Crippen molar-refractivity contribution in [3.05, 3.63) is 60.3 Å². The van der Waals surface area contributed by atoms with E-state index in [4.69, 9.17) is 4.74 Å². The van der Waals surface area contributed by atoms with Crippen LogP contribution in [-0.4, -0.2) is 48.0 Å². The Kier molecular flexibility index (Phi) is 6.42. The SMILES string of the molecule is C=C1[C@@H]2CCC[C@@]1(COC(=O)c1ccccc1-c1cc(NC(C)=O)ccn1)CN(CC)C2. The van der Waals surface area contributed by atoms with E-state index in [2.05, 4.69) is 28.7 Å². The second kappa shape index (κ2) is 9.25. The molecule has 4 rings (SSSR count). The highest BCUT2D eigenvalue weighted by molar-refractivity contribution is 5.97. The Morgan fingerprint density at radius 2 is 2.12 bits per heavy atom. The summed E-state index contributed by atoms with van der Waals surface area (Å²) in [5, 5.41) is 2.76. The van der Waals surface area contributed by atoms with Gasteiger partial charge in [-0.15, -0.1) is 0 Å². The first-order valence-electron chi connectivity index (χ1n) is 11.3. The maximum absolute atomic E-state index is 13.2. The number of likely N-dealkylation sites (tertiary alicyclic amines) is 1. The summed E-state index contributed by atoms with van der Waals surface area (Å²) in [5.74, 6) is -0.0249. The largest absolute Gasteiger partial charge is 0.461 e. The van der Waals surface area contributed by atoms with Crippen molar-refractivity contribution in [3.8, 4) is 11.3 Å². The lowest BCUT2D eigenvalue weighted by Gasteiger charge is -2.51. The van der Waals surface area contributed by atoms with Gasteiger partial charge >= 0.3 is 5.97 Å². The number of nitrogens with one attached hydrogen (secondary N) is 1. The first-order chi connectivity index (χ1) is 15.4. The van der Waals surface area contributed by atoms with Gasteiger partial charge in [0, 0.05) is 42.9 Å². The Morgan fingerprint density at radius 1 is 1.31 bits per heavy atom. The van der Waals surface area contributed by atoms with E-state index in [1.54, 1.807) is 24.4 Å². The summed E-state index contributed by atoms with van der Waals surface area (Å²) in [6.07, 6.45) is 4.95. The van der Waals surface area contributed by atoms with Crippen LogP contribution in [0.2, 0.25) is 0 Å². The molecule has 6 nitrogen and oxygen atoms in total. The van der Waals surface area contributed by atoms with Gasteiger partial charge in [0.1, 0.15) is 6.61 Å². The van der Waals surface area contributed by atoms with Crippen LogP contribution in [-0.2, 0) is 9.53 Å². The number of nitrogens with zero attached hydrogens (tertiary/aromatic N) is 2. The van der Waals surface area contributed by atoms with Crippen LogP contribution < -0.4 is 5.32 Å². The Morgan fingerprint density at radius 3 is 2.91 bits per heavy atom. The fourth-order valence-electron chi connectivity index (χ4n) is 5.12. The molecule has 2 heterocycles. The molecule has 1 saturated carbocycles. The van der Waals surface area contributed by atoms with Crippen LogP contribution in [0.1, 0.15) is 43.5 Å². The number of fused-ring (bicyclic) bond motifs is 2. The van der Waals surface area contributed by atoms with Crippen molar-refractivity contribution < 1.29 is 14.3 Å². The zero-order chi connectivity index (χ0) is 22.7. The molecule has 0 spiro atoms. The molecule has 6 heteroatoms. The highest BCUT2D eigenvalue weighted by Crippen LogP contribution is 2.47. The van der Waals surface area contributed by atoms with E-state index in [9.17, 15) is 9.59 Å². The molecule has 1 N–H and O–H groups in total. The minimum atomic E-state index is -0.356. The van der Waals surface area contributed by atoms with Gasteiger partial charge in [-0.2, -0.15) is 0 Å². The summed E-state index contributed by atoms with van der Waals surface area (Å²) in [5.41, 5.74) is 3.48. The van der Waals surface area contributed by atoms with E-state index < -0.39 is 0 Å². The topological polar surface area (TPSA) is 71.5 Å². The van der Waals surface area contributed by atoms with Crippen LogP contribution in [0.25, 0.3) is 11.3 Å². The number of hydrogen-bond acceptors (Lipinski definition) is 5. The average Bonchev–Trinajstić information content (AvgIpc) is 2.78. The summed E-state index contributed by atoms with van der Waals surface area (Å²) in [6.45, 7) is 11.4. The molecule has 2 aromatic rings. The smallest absolute Gasteiger partial charge is 0.338 e. The molecule has 0 unspecified atom stereocenters. The Hall–Kier alpha value is -2.99. The highest BCUT2D eigenvalue weighted by Gasteiger charge is 2.46. The number of piperidine rings is 1. The minimum Gasteiger partial charge on any atom is -0.461 e. The van der Waals surface area contributed by atoms with Crippen molar-refractivity contribution in [2.75, 3.05) is 31.6 Å². The molecule has 2 atom stereocenters. The Labute approximate surface area is 189 Å². The zero-order valence-corrected chi connectivity index (χ0v) is 18.9. The molecule has 2 aliphatic rings. The van der Waals surface area contributed by atoms with Crippen molar-refractivity contribution in [2.24, 2.45) is 11.3 Å². The van der Waals surface area contributed by atoms with Gasteiger partial charge in [0.2, 0.25) is 5.91 Å². The standard InChI is InChI=1S/C26H31N3O3/c1-4-29-15-20-8-7-12-26(16-29,18(20)2)17-32-25(31)23-10-6-5-9-22(23)24-14-21(11-13-27-24)28-19(3)30/h5-6,9-11,13-14,20H,2,4,7-8,12,15-17H2,1,3H3,(H,27,28,30)/t20-,26+/m1/s1. The number of pyridine rings is 1. The molecule has 1 saturated heterocycles. The number of carbonyl (C=O) groups excluding carboxylic acids is 2. The summed E-state index contributed by atoms with van der Waals surface area (Å²) in [6, 6.07) is 10.8. The van der Waals surface area contributed by atoms with Gasteiger partial charge in [0.25, 0.3) is 0 Å². The Balaban J connectivity index is 1.55. The van der Waals surface area contributed by atoms with Gasteiger partial charge in [0.15, 0.2) is 0 Å². The van der Waals surface area contributed by atoms with Gasteiger partial charge in [0.05, 0.1) is 11.3 Å². The van der Waals surface area contributed by atoms with E-state index in [-0.39, 0.29) is 17.3 Å². The normalized spacial score (nSPS) is 22.9. The molecule has 1 aliphatic carbocycles. The van der Waals surface area contributed by atoms with Gasteiger partial charge in [-0.3, -0.25) is 9.78 Å². The molecule has 1 aromatic heterocycles. The first kappa shape index (κ1) is 22.2. The number of amides is 1. The van der Waals surface area contributed by atoms with Crippen LogP contribution in [0.4, 0.5) is 5.69 Å². The third-order valence-corrected chi connectivity index (χ3v) is 6.82. The molecule has 0 radical (unpaired) electrons. The van der Waals surface area contributed by atoms with Crippen molar-refractivity contribution in [1.82, 2.24) is 9.88 Å². The summed E-state index contributed by atoms with van der Waals surface area (Å²) >= 11 is 0. The van der Waals surface area contributed by atoms with Crippen LogP contribution in [0, 0.1) is 11.3 Å². The van der Waals surface area contributed by atoms with Gasteiger partial charge in [-0.1, -0.05) is 43.7 Å². The molecule has 2 bridgehead atoms. The van der Waals surface area contributed by atoms with Crippen LogP contribution in [0.15, 0.2) is 54.7 Å². The molecular weight excluding hydrogens is 402 g/mol. The second-order valence-electron chi connectivity index (χ2n) is 8.96. The maximum Gasteiger partial charge on any atom is 0.338 e. The molecule has 168 valence electrons. The van der Waals surface area contributed by atoms with E-state index in [0.717, 1.165) is 32.5 Å². The zero-order valence-electron chi connectivity index (χ0n) is 18.9. The lowest BCUT2D eigenvalue weighted by Crippen LogP contribution is -2.53. The third kappa shape index (κ3) is 4.46. The summed E-state index contributed by atoms with van der Waals surface area (Å²) in [7, 11) is 0. The fraction of sp³-hybridized carbons (Fsp3) is 0.423. The fourth-order valence-corrected chi connectivity index (χ4v) is 5.12. The minimum absolute atomic E-state index is 0.159. The predicted molar refractivity (Wildman–Crippen MR) is 125 cm³/mol. The number of esters is 1. The molecule has 2 fully saturated rings. The number of carbonyl (C=O) groups is 2. The average molecular weight is 434 g/mol. The number of rotatable bonds is 6. The Bertz CT molecular complexity index is 1030. The van der Waals surface area contributed by atoms with Crippen LogP contribution >= 0.6 is 0 Å². The van der Waals surface area contributed by atoms with E-state index >= 15 is 0 Å². The molecular formula is C26H31N3O3. The van der Waals surface area contributed by atoms with Crippen molar-refractivity contribution in [2.45, 2.75) is 33.1 Å². The van der Waals surface area contributed by atoms with Gasteiger partial charge in [-0.05, 0) is 43.5 Å². The first-order valence-corrected chi connectivity index (χ1v) is 11.3. The summed E-state index contributed by atoms with van der Waals surface area (Å²) in [4.78, 5) is 31.5. The van der Waals surface area contributed by atoms with Crippen LogP contribution in [0.3, 0.4) is 0 Å². The molecule has 1 aromatic carbocycles. The molecule has 1 aliphatic heterocycles. The van der Waals surface area contributed by atoms with Crippen molar-refractivity contribution in [3.63, 3.8) is 0 Å². The van der Waals surface area contributed by atoms with E-state index in [1.165, 1.54) is 18.9 Å². The number of hydrogen-bond donors (Lipinski definition) is 1. The number of anilines is 1. The van der Waals surface area contributed by atoms with Crippen molar-refractivity contribution >= 4 is 17.6 Å². The second-order valence-corrected chi connectivity index (χ2v) is 8.96. The van der Waals surface area contributed by atoms with Gasteiger partial charge < -0.3 is 15.0 Å². The molecule has 32 heavy (non-hydrogen) atoms. The number of ether oxygens (including phenoxy) is 1. The highest BCUT2D eigenvalue weighted by atomic mass is 16.5. The predicted octanol–water partition coefficient (Wildman–Crippen LogP) is 4.54. The number of aromatic nitrogens is 1. The lowest BCUT2D eigenvalue weighted by molar-refractivity contribution is -0.114.